The molecule has 1 saturated heterocycles. The molecule has 2 amide bonds. The second-order valence-electron chi connectivity index (χ2n) is 8.79. The molecule has 1 aliphatic heterocycles. The van der Waals surface area contributed by atoms with Crippen molar-refractivity contribution in [3.63, 3.8) is 0 Å². The van der Waals surface area contributed by atoms with Crippen LogP contribution in [0.15, 0.2) is 0 Å². The Morgan fingerprint density at radius 1 is 1.17 bits per heavy atom. The maximum atomic E-state index is 12.5. The molecule has 0 unspecified atom stereocenters. The van der Waals surface area contributed by atoms with Crippen molar-refractivity contribution >= 4 is 16.1 Å². The van der Waals surface area contributed by atoms with E-state index in [9.17, 15) is 26.4 Å². The summed E-state index contributed by atoms with van der Waals surface area (Å²) in [5.41, 5.74) is 0. The Morgan fingerprint density at radius 3 is 2.33 bits per heavy atom. The van der Waals surface area contributed by atoms with E-state index < -0.39 is 40.9 Å². The zero-order valence-electron chi connectivity index (χ0n) is 17.9. The van der Waals surface area contributed by atoms with Gasteiger partial charge in [-0.05, 0) is 50.4 Å². The van der Waals surface area contributed by atoms with Gasteiger partial charge in [0, 0.05) is 12.6 Å². The number of sulfonamides is 1. The SMILES string of the molecule is CC(C)C1CCC(OC[C@H]2[C@@H](NS(C)(=O)=O)CCCN2C(=O)NCC(F)(F)F)CC1. The van der Waals surface area contributed by atoms with E-state index in [1.807, 2.05) is 5.32 Å². The normalized spacial score (nSPS) is 28.6. The summed E-state index contributed by atoms with van der Waals surface area (Å²) in [6, 6.07) is -2.12. The molecule has 1 aliphatic carbocycles. The lowest BCUT2D eigenvalue weighted by molar-refractivity contribution is -0.123. The Balaban J connectivity index is 2.03. The van der Waals surface area contributed by atoms with Crippen LogP contribution >= 0.6 is 0 Å². The summed E-state index contributed by atoms with van der Waals surface area (Å²) < 4.78 is 69.6. The Kier molecular flexibility index (Phi) is 8.81. The standard InChI is InChI=1S/C19H34F3N3O4S/c1-13(2)14-6-8-15(9-7-14)29-11-17-16(24-30(3,27)28)5-4-10-25(17)18(26)23-12-19(20,21)22/h13-17,24H,4-12H2,1-3H3,(H,23,26)/t14?,15?,16-,17-/m0/s1. The molecule has 0 bridgehead atoms. The van der Waals surface area contributed by atoms with E-state index in [1.54, 1.807) is 0 Å². The summed E-state index contributed by atoms with van der Waals surface area (Å²) in [6.45, 7) is 3.31. The zero-order chi connectivity index (χ0) is 22.5. The van der Waals surface area contributed by atoms with Gasteiger partial charge in [-0.15, -0.1) is 0 Å². The molecule has 1 saturated carbocycles. The molecule has 0 spiro atoms. The van der Waals surface area contributed by atoms with E-state index in [0.717, 1.165) is 31.9 Å². The predicted octanol–water partition coefficient (Wildman–Crippen LogP) is 2.87. The smallest absolute Gasteiger partial charge is 0.376 e. The molecular formula is C19H34F3N3O4S. The number of likely N-dealkylation sites (tertiary alicyclic amines) is 1. The predicted molar refractivity (Wildman–Crippen MR) is 107 cm³/mol. The molecule has 1 heterocycles. The van der Waals surface area contributed by atoms with Crippen LogP contribution in [0.3, 0.4) is 0 Å². The van der Waals surface area contributed by atoms with E-state index in [0.29, 0.717) is 24.7 Å². The Morgan fingerprint density at radius 2 is 1.80 bits per heavy atom. The van der Waals surface area contributed by atoms with Crippen molar-refractivity contribution in [1.29, 1.82) is 0 Å². The number of nitrogens with one attached hydrogen (secondary N) is 2. The lowest BCUT2D eigenvalue weighted by atomic mass is 9.80. The molecule has 11 heteroatoms. The maximum absolute atomic E-state index is 12.5. The van der Waals surface area contributed by atoms with E-state index in [-0.39, 0.29) is 19.3 Å². The third kappa shape index (κ3) is 8.22. The molecule has 0 aromatic carbocycles. The maximum Gasteiger partial charge on any atom is 0.405 e. The van der Waals surface area contributed by atoms with Gasteiger partial charge in [-0.25, -0.2) is 17.9 Å². The van der Waals surface area contributed by atoms with Crippen molar-refractivity contribution in [2.75, 3.05) is 26.0 Å². The van der Waals surface area contributed by atoms with Crippen molar-refractivity contribution in [3.8, 4) is 0 Å². The van der Waals surface area contributed by atoms with Crippen LogP contribution in [-0.4, -0.2) is 69.7 Å². The highest BCUT2D eigenvalue weighted by atomic mass is 32.2. The van der Waals surface area contributed by atoms with Crippen molar-refractivity contribution in [3.05, 3.63) is 0 Å². The van der Waals surface area contributed by atoms with Crippen molar-refractivity contribution < 1.29 is 31.1 Å². The van der Waals surface area contributed by atoms with Gasteiger partial charge in [0.2, 0.25) is 10.0 Å². The second-order valence-corrected chi connectivity index (χ2v) is 10.6. The van der Waals surface area contributed by atoms with Gasteiger partial charge in [0.15, 0.2) is 0 Å². The van der Waals surface area contributed by atoms with Gasteiger partial charge in [0.25, 0.3) is 0 Å². The number of halogens is 3. The summed E-state index contributed by atoms with van der Waals surface area (Å²) in [5.74, 6) is 1.27. The third-order valence-corrected chi connectivity index (χ3v) is 6.74. The van der Waals surface area contributed by atoms with Crippen LogP contribution in [0.4, 0.5) is 18.0 Å². The number of alkyl halides is 3. The van der Waals surface area contributed by atoms with Crippen LogP contribution in [0, 0.1) is 11.8 Å². The molecular weight excluding hydrogens is 423 g/mol. The third-order valence-electron chi connectivity index (χ3n) is 6.01. The zero-order valence-corrected chi connectivity index (χ0v) is 18.7. The van der Waals surface area contributed by atoms with Crippen LogP contribution in [0.1, 0.15) is 52.4 Å². The minimum absolute atomic E-state index is 0.0147. The molecule has 30 heavy (non-hydrogen) atoms. The molecule has 176 valence electrons. The number of piperidine rings is 1. The first-order chi connectivity index (χ1) is 13.9. The summed E-state index contributed by atoms with van der Waals surface area (Å²) in [6.07, 6.45) is 1.38. The second kappa shape index (κ2) is 10.5. The molecule has 2 fully saturated rings. The minimum Gasteiger partial charge on any atom is -0.376 e. The monoisotopic (exact) mass is 457 g/mol. The van der Waals surface area contributed by atoms with Gasteiger partial charge >= 0.3 is 12.2 Å². The molecule has 2 atom stereocenters. The summed E-state index contributed by atoms with van der Waals surface area (Å²) in [5, 5.41) is 1.89. The molecule has 0 aromatic heterocycles. The number of nitrogens with zero attached hydrogens (tertiary/aromatic N) is 1. The Labute approximate surface area is 177 Å². The quantitative estimate of drug-likeness (QED) is 0.615. The number of ether oxygens (including phenoxy) is 1. The van der Waals surface area contributed by atoms with Crippen LogP contribution in [0.5, 0.6) is 0 Å². The van der Waals surface area contributed by atoms with E-state index in [1.165, 1.54) is 4.90 Å². The highest BCUT2D eigenvalue weighted by Crippen LogP contribution is 2.32. The van der Waals surface area contributed by atoms with Crippen LogP contribution in [0.2, 0.25) is 0 Å². The van der Waals surface area contributed by atoms with Gasteiger partial charge in [0.05, 0.1) is 25.0 Å². The van der Waals surface area contributed by atoms with Crippen molar-refractivity contribution in [2.24, 2.45) is 11.8 Å². The summed E-state index contributed by atoms with van der Waals surface area (Å²) in [4.78, 5) is 13.7. The molecule has 0 aromatic rings. The number of rotatable bonds is 7. The number of carbonyl (C=O) groups excluding carboxylic acids is 1. The van der Waals surface area contributed by atoms with E-state index in [2.05, 4.69) is 18.6 Å². The Hall–Kier alpha value is -1.07. The fourth-order valence-corrected chi connectivity index (χ4v) is 5.19. The van der Waals surface area contributed by atoms with Gasteiger partial charge in [-0.3, -0.25) is 0 Å². The van der Waals surface area contributed by atoms with Crippen molar-refractivity contribution in [2.45, 2.75) is 76.7 Å². The average molecular weight is 458 g/mol. The highest BCUT2D eigenvalue weighted by molar-refractivity contribution is 7.88. The van der Waals surface area contributed by atoms with Gasteiger partial charge in [0.1, 0.15) is 6.54 Å². The largest absolute Gasteiger partial charge is 0.405 e. The van der Waals surface area contributed by atoms with Crippen LogP contribution < -0.4 is 10.0 Å². The fraction of sp³-hybridized carbons (Fsp3) is 0.947. The first kappa shape index (κ1) is 25.2. The van der Waals surface area contributed by atoms with E-state index in [4.69, 9.17) is 4.74 Å². The summed E-state index contributed by atoms with van der Waals surface area (Å²) >= 11 is 0. The molecule has 0 radical (unpaired) electrons. The molecule has 7 nitrogen and oxygen atoms in total. The summed E-state index contributed by atoms with van der Waals surface area (Å²) in [7, 11) is -3.55. The minimum atomic E-state index is -4.52. The average Bonchev–Trinajstić information content (AvgIpc) is 2.63. The van der Waals surface area contributed by atoms with Crippen LogP contribution in [-0.2, 0) is 14.8 Å². The van der Waals surface area contributed by atoms with E-state index >= 15 is 0 Å². The fourth-order valence-electron chi connectivity index (χ4n) is 4.36. The Bertz CT molecular complexity index is 664. The first-order valence-electron chi connectivity index (χ1n) is 10.6. The lowest BCUT2D eigenvalue weighted by Crippen LogP contribution is -2.61. The first-order valence-corrected chi connectivity index (χ1v) is 12.4. The number of carbonyl (C=O) groups is 1. The van der Waals surface area contributed by atoms with Gasteiger partial charge in [-0.2, -0.15) is 13.2 Å². The molecule has 2 rings (SSSR count). The van der Waals surface area contributed by atoms with Crippen LogP contribution in [0.25, 0.3) is 0 Å². The topological polar surface area (TPSA) is 87.7 Å². The lowest BCUT2D eigenvalue weighted by Gasteiger charge is -2.42. The van der Waals surface area contributed by atoms with Gasteiger partial charge < -0.3 is 15.0 Å². The number of amides is 2. The number of urea groups is 1. The van der Waals surface area contributed by atoms with Crippen molar-refractivity contribution in [1.82, 2.24) is 14.9 Å². The van der Waals surface area contributed by atoms with Gasteiger partial charge in [-0.1, -0.05) is 13.8 Å². The number of hydrogen-bond donors (Lipinski definition) is 2. The highest BCUT2D eigenvalue weighted by Gasteiger charge is 2.38. The number of hydrogen-bond acceptors (Lipinski definition) is 4. The molecule has 2 aliphatic rings. The molecule has 2 N–H and O–H groups in total.